The minimum Gasteiger partial charge on any atom is -0.299 e. The van der Waals surface area contributed by atoms with Gasteiger partial charge in [0.25, 0.3) is 0 Å². The molecule has 0 amide bonds. The molecular weight excluding hydrogens is 176 g/mol. The average molecular weight is 186 g/mol. The van der Waals surface area contributed by atoms with Gasteiger partial charge in [0.15, 0.2) is 0 Å². The fourth-order valence-electron chi connectivity index (χ4n) is 2.04. The average Bonchev–Trinajstić information content (AvgIpc) is 2.56. The highest BCUT2D eigenvalue weighted by molar-refractivity contribution is 5.85. The number of carbonyl (C=O) groups excluding carboxylic acids is 1. The van der Waals surface area contributed by atoms with Crippen LogP contribution < -0.4 is 0 Å². The van der Waals surface area contributed by atoms with E-state index in [1.54, 1.807) is 0 Å². The smallest absolute Gasteiger partial charge is 0.137 e. The first-order chi connectivity index (χ1) is 6.84. The van der Waals surface area contributed by atoms with E-state index < -0.39 is 0 Å². The normalized spacial score (nSPS) is 15.9. The van der Waals surface area contributed by atoms with Gasteiger partial charge >= 0.3 is 0 Å². The maximum absolute atomic E-state index is 11.3. The van der Waals surface area contributed by atoms with Crippen molar-refractivity contribution in [3.63, 3.8) is 0 Å². The van der Waals surface area contributed by atoms with Gasteiger partial charge in [0.2, 0.25) is 0 Å². The molecule has 2 aromatic heterocycles. The van der Waals surface area contributed by atoms with E-state index >= 15 is 0 Å². The van der Waals surface area contributed by atoms with Crippen LogP contribution in [0.25, 0.3) is 5.52 Å². The summed E-state index contributed by atoms with van der Waals surface area (Å²) in [4.78, 5) is 11.3. The van der Waals surface area contributed by atoms with Crippen LogP contribution in [-0.4, -0.2) is 15.4 Å². The molecular formula is C11H10N2O. The molecule has 0 unspecified atom stereocenters. The lowest BCUT2D eigenvalue weighted by molar-refractivity contribution is -0.118. The third kappa shape index (κ3) is 0.985. The molecule has 0 radical (unpaired) electrons. The van der Waals surface area contributed by atoms with Crippen LogP contribution in [0.1, 0.15) is 17.7 Å². The van der Waals surface area contributed by atoms with Crippen molar-refractivity contribution in [2.24, 2.45) is 0 Å². The first-order valence-corrected chi connectivity index (χ1v) is 4.81. The predicted molar refractivity (Wildman–Crippen MR) is 52.2 cm³/mol. The third-order valence-corrected chi connectivity index (χ3v) is 2.74. The van der Waals surface area contributed by atoms with Gasteiger partial charge in [0, 0.05) is 24.6 Å². The van der Waals surface area contributed by atoms with Crippen LogP contribution >= 0.6 is 0 Å². The maximum atomic E-state index is 11.3. The summed E-state index contributed by atoms with van der Waals surface area (Å²) in [6.45, 7) is 0. The number of Topliss-reactive ketones (excluding diaryl/α,β-unsaturated/α-hetero) is 1. The second-order valence-corrected chi connectivity index (χ2v) is 3.67. The zero-order valence-electron chi connectivity index (χ0n) is 7.73. The fraction of sp³-hybridized carbons (Fsp3) is 0.273. The Hall–Kier alpha value is -1.64. The van der Waals surface area contributed by atoms with Crippen molar-refractivity contribution in [2.75, 3.05) is 0 Å². The third-order valence-electron chi connectivity index (χ3n) is 2.74. The lowest BCUT2D eigenvalue weighted by Crippen LogP contribution is -2.11. The SMILES string of the molecule is O=C1CCc2nn3ccccc3c2C1. The number of rotatable bonds is 0. The standard InChI is InChI=1S/C11H10N2O/c14-8-4-5-10-9(7-8)11-3-1-2-6-13(11)12-10/h1-3,6H,4-5,7H2. The molecule has 0 aliphatic heterocycles. The highest BCUT2D eigenvalue weighted by atomic mass is 16.1. The van der Waals surface area contributed by atoms with Gasteiger partial charge in [-0.25, -0.2) is 4.52 Å². The predicted octanol–water partition coefficient (Wildman–Crippen LogP) is 1.39. The number of hydrogen-bond acceptors (Lipinski definition) is 2. The molecule has 2 heterocycles. The molecule has 0 fully saturated rings. The van der Waals surface area contributed by atoms with Crippen LogP contribution in [0.2, 0.25) is 0 Å². The topological polar surface area (TPSA) is 34.4 Å². The highest BCUT2D eigenvalue weighted by Crippen LogP contribution is 2.22. The van der Waals surface area contributed by atoms with Crippen LogP contribution in [0.4, 0.5) is 0 Å². The summed E-state index contributed by atoms with van der Waals surface area (Å²) in [5.74, 6) is 0.330. The fourth-order valence-corrected chi connectivity index (χ4v) is 2.04. The molecule has 0 atom stereocenters. The number of carbonyl (C=O) groups is 1. The zero-order valence-corrected chi connectivity index (χ0v) is 7.73. The van der Waals surface area contributed by atoms with Crippen molar-refractivity contribution in [3.8, 4) is 0 Å². The number of fused-ring (bicyclic) bond motifs is 3. The minimum atomic E-state index is 0.330. The zero-order chi connectivity index (χ0) is 9.54. The van der Waals surface area contributed by atoms with E-state index in [4.69, 9.17) is 0 Å². The van der Waals surface area contributed by atoms with Crippen molar-refractivity contribution in [3.05, 3.63) is 35.7 Å². The summed E-state index contributed by atoms with van der Waals surface area (Å²) in [6.07, 6.45) is 3.94. The molecule has 1 aliphatic carbocycles. The monoisotopic (exact) mass is 186 g/mol. The molecule has 0 bridgehead atoms. The number of nitrogens with zero attached hydrogens (tertiary/aromatic N) is 2. The molecule has 0 aromatic carbocycles. The van der Waals surface area contributed by atoms with E-state index in [1.165, 1.54) is 0 Å². The lowest BCUT2D eigenvalue weighted by atomic mass is 9.96. The Morgan fingerprint density at radius 3 is 3.14 bits per heavy atom. The number of pyridine rings is 1. The van der Waals surface area contributed by atoms with Gasteiger partial charge in [-0.15, -0.1) is 0 Å². The molecule has 0 spiro atoms. The summed E-state index contributed by atoms with van der Waals surface area (Å²) in [7, 11) is 0. The second kappa shape index (κ2) is 2.67. The number of aryl methyl sites for hydroxylation is 1. The molecule has 0 saturated carbocycles. The second-order valence-electron chi connectivity index (χ2n) is 3.67. The molecule has 14 heavy (non-hydrogen) atoms. The quantitative estimate of drug-likeness (QED) is 0.623. The van der Waals surface area contributed by atoms with Crippen molar-refractivity contribution >= 4 is 11.3 Å². The van der Waals surface area contributed by atoms with Gasteiger partial charge in [0.1, 0.15) is 5.78 Å². The highest BCUT2D eigenvalue weighted by Gasteiger charge is 2.20. The first kappa shape index (κ1) is 7.74. The van der Waals surface area contributed by atoms with Crippen molar-refractivity contribution in [1.29, 1.82) is 0 Å². The largest absolute Gasteiger partial charge is 0.299 e. The van der Waals surface area contributed by atoms with Crippen molar-refractivity contribution in [1.82, 2.24) is 9.61 Å². The van der Waals surface area contributed by atoms with Crippen LogP contribution in [0.5, 0.6) is 0 Å². The molecule has 2 aromatic rings. The Morgan fingerprint density at radius 1 is 1.29 bits per heavy atom. The molecule has 3 nitrogen and oxygen atoms in total. The number of ketones is 1. The Bertz CT molecular complexity index is 513. The van der Waals surface area contributed by atoms with E-state index in [0.717, 1.165) is 23.2 Å². The Balaban J connectivity index is 2.30. The molecule has 0 N–H and O–H groups in total. The first-order valence-electron chi connectivity index (χ1n) is 4.81. The molecule has 70 valence electrons. The van der Waals surface area contributed by atoms with E-state index in [0.29, 0.717) is 18.6 Å². The number of hydrogen-bond donors (Lipinski definition) is 0. The Morgan fingerprint density at radius 2 is 2.21 bits per heavy atom. The summed E-state index contributed by atoms with van der Waals surface area (Å²) >= 11 is 0. The van der Waals surface area contributed by atoms with Crippen molar-refractivity contribution in [2.45, 2.75) is 19.3 Å². The van der Waals surface area contributed by atoms with Gasteiger partial charge in [0.05, 0.1) is 11.2 Å². The Kier molecular flexibility index (Phi) is 1.48. The molecule has 0 saturated heterocycles. The van der Waals surface area contributed by atoms with E-state index in [1.807, 2.05) is 28.9 Å². The van der Waals surface area contributed by atoms with Crippen LogP contribution in [0.3, 0.4) is 0 Å². The van der Waals surface area contributed by atoms with E-state index in [2.05, 4.69) is 5.10 Å². The summed E-state index contributed by atoms with van der Waals surface area (Å²) in [5.41, 5.74) is 3.30. The molecule has 1 aliphatic rings. The van der Waals surface area contributed by atoms with Crippen molar-refractivity contribution < 1.29 is 4.79 Å². The van der Waals surface area contributed by atoms with Gasteiger partial charge in [-0.1, -0.05) is 6.07 Å². The summed E-state index contributed by atoms with van der Waals surface area (Å²) < 4.78 is 1.86. The van der Waals surface area contributed by atoms with Gasteiger partial charge in [-0.2, -0.15) is 5.10 Å². The summed E-state index contributed by atoms with van der Waals surface area (Å²) in [6, 6.07) is 5.95. The lowest BCUT2D eigenvalue weighted by Gasteiger charge is -2.07. The van der Waals surface area contributed by atoms with Gasteiger partial charge < -0.3 is 0 Å². The number of aromatic nitrogens is 2. The van der Waals surface area contributed by atoms with Crippen LogP contribution in [0.15, 0.2) is 24.4 Å². The van der Waals surface area contributed by atoms with E-state index in [9.17, 15) is 4.79 Å². The van der Waals surface area contributed by atoms with Gasteiger partial charge in [-0.3, -0.25) is 4.79 Å². The van der Waals surface area contributed by atoms with Crippen LogP contribution in [-0.2, 0) is 17.6 Å². The molecule has 3 rings (SSSR count). The maximum Gasteiger partial charge on any atom is 0.137 e. The Labute approximate surface area is 81.4 Å². The molecule has 3 heteroatoms. The summed E-state index contributed by atoms with van der Waals surface area (Å²) in [5, 5.41) is 4.45. The van der Waals surface area contributed by atoms with Crippen LogP contribution in [0, 0.1) is 0 Å². The minimum absolute atomic E-state index is 0.330. The van der Waals surface area contributed by atoms with E-state index in [-0.39, 0.29) is 0 Å². The van der Waals surface area contributed by atoms with Gasteiger partial charge in [-0.05, 0) is 18.6 Å².